The Morgan fingerprint density at radius 1 is 1.24 bits per heavy atom. The van der Waals surface area contributed by atoms with Gasteiger partial charge >= 0.3 is 0 Å². The highest BCUT2D eigenvalue weighted by atomic mass is 32.2. The van der Waals surface area contributed by atoms with Crippen molar-refractivity contribution >= 4 is 10.0 Å². The fourth-order valence-electron chi connectivity index (χ4n) is 3.53. The van der Waals surface area contributed by atoms with Crippen LogP contribution in [0.5, 0.6) is 5.75 Å². The molecule has 0 fully saturated rings. The lowest BCUT2D eigenvalue weighted by Gasteiger charge is -2.37. The Kier molecular flexibility index (Phi) is 6.58. The maximum absolute atomic E-state index is 13.4. The molecule has 1 aliphatic rings. The molecule has 29 heavy (non-hydrogen) atoms. The van der Waals surface area contributed by atoms with Crippen LogP contribution in [0.15, 0.2) is 47.6 Å². The van der Waals surface area contributed by atoms with Gasteiger partial charge < -0.3 is 14.7 Å². The summed E-state index contributed by atoms with van der Waals surface area (Å²) in [6.07, 6.45) is 3.21. The standard InChI is InChI=1S/C21H29N3O4S/c1-15-12-24(16(2)14-25)29(26,27)21-6-5-18(17-7-9-22-10-8-17)11-19(21)28-20(15)13-23(3)4/h5-11,15-16,20,25H,12-14H2,1-4H3/t15-,16+,20+/m0/s1. The lowest BCUT2D eigenvalue weighted by molar-refractivity contribution is 0.0813. The summed E-state index contributed by atoms with van der Waals surface area (Å²) in [5.74, 6) is 0.284. The Balaban J connectivity index is 2.14. The first-order valence-electron chi connectivity index (χ1n) is 9.72. The molecule has 1 aromatic carbocycles. The lowest BCUT2D eigenvalue weighted by Crippen LogP contribution is -2.49. The molecule has 3 rings (SSSR count). The molecule has 1 aliphatic heterocycles. The second kappa shape index (κ2) is 8.79. The molecule has 158 valence electrons. The van der Waals surface area contributed by atoms with Gasteiger partial charge in [-0.3, -0.25) is 4.98 Å². The fraction of sp³-hybridized carbons (Fsp3) is 0.476. The van der Waals surface area contributed by atoms with E-state index in [9.17, 15) is 13.5 Å². The summed E-state index contributed by atoms with van der Waals surface area (Å²) in [5.41, 5.74) is 1.79. The third-order valence-corrected chi connectivity index (χ3v) is 7.25. The van der Waals surface area contributed by atoms with Crippen molar-refractivity contribution in [2.75, 3.05) is 33.8 Å². The number of aliphatic hydroxyl groups excluding tert-OH is 1. The van der Waals surface area contributed by atoms with E-state index in [-0.39, 0.29) is 30.1 Å². The lowest BCUT2D eigenvalue weighted by atomic mass is 10.0. The number of benzene rings is 1. The monoisotopic (exact) mass is 419 g/mol. The maximum atomic E-state index is 13.4. The average molecular weight is 420 g/mol. The minimum atomic E-state index is -3.82. The van der Waals surface area contributed by atoms with Crippen LogP contribution in [0.25, 0.3) is 11.1 Å². The van der Waals surface area contributed by atoms with Crippen LogP contribution in [0.2, 0.25) is 0 Å². The second-order valence-corrected chi connectivity index (χ2v) is 9.76. The molecule has 0 saturated heterocycles. The molecule has 0 saturated carbocycles. The van der Waals surface area contributed by atoms with Gasteiger partial charge in [-0.25, -0.2) is 8.42 Å². The molecule has 2 heterocycles. The fourth-order valence-corrected chi connectivity index (χ4v) is 5.35. The summed E-state index contributed by atoms with van der Waals surface area (Å²) < 4.78 is 34.5. The van der Waals surface area contributed by atoms with Crippen molar-refractivity contribution in [3.63, 3.8) is 0 Å². The van der Waals surface area contributed by atoms with E-state index in [1.54, 1.807) is 37.5 Å². The van der Waals surface area contributed by atoms with Crippen LogP contribution in [-0.2, 0) is 10.0 Å². The Morgan fingerprint density at radius 2 is 1.93 bits per heavy atom. The Labute approximate surface area is 173 Å². The molecule has 0 amide bonds. The van der Waals surface area contributed by atoms with E-state index < -0.39 is 16.1 Å². The first-order valence-corrected chi connectivity index (χ1v) is 11.2. The van der Waals surface area contributed by atoms with E-state index in [1.807, 2.05) is 38.1 Å². The Bertz CT molecular complexity index is 934. The number of aromatic nitrogens is 1. The van der Waals surface area contributed by atoms with E-state index >= 15 is 0 Å². The third-order valence-electron chi connectivity index (χ3n) is 5.23. The highest BCUT2D eigenvalue weighted by Crippen LogP contribution is 2.36. The van der Waals surface area contributed by atoms with E-state index in [1.165, 1.54) is 4.31 Å². The summed E-state index contributed by atoms with van der Waals surface area (Å²) in [6.45, 7) is 4.41. The molecule has 8 heteroatoms. The second-order valence-electron chi connectivity index (χ2n) is 7.90. The molecule has 0 unspecified atom stereocenters. The van der Waals surface area contributed by atoms with Gasteiger partial charge in [0.1, 0.15) is 16.7 Å². The predicted octanol–water partition coefficient (Wildman–Crippen LogP) is 2.08. The van der Waals surface area contributed by atoms with Gasteiger partial charge in [0.25, 0.3) is 0 Å². The minimum Gasteiger partial charge on any atom is -0.487 e. The van der Waals surface area contributed by atoms with E-state index in [2.05, 4.69) is 4.98 Å². The van der Waals surface area contributed by atoms with Crippen molar-refractivity contribution in [2.24, 2.45) is 5.92 Å². The van der Waals surface area contributed by atoms with Gasteiger partial charge in [0.2, 0.25) is 10.0 Å². The van der Waals surface area contributed by atoms with Crippen LogP contribution in [0.1, 0.15) is 13.8 Å². The van der Waals surface area contributed by atoms with Crippen molar-refractivity contribution in [3.8, 4) is 16.9 Å². The van der Waals surface area contributed by atoms with Gasteiger partial charge in [-0.05, 0) is 56.4 Å². The third kappa shape index (κ3) is 4.61. The van der Waals surface area contributed by atoms with E-state index in [0.717, 1.165) is 11.1 Å². The molecule has 3 atom stereocenters. The molecule has 7 nitrogen and oxygen atoms in total. The van der Waals surface area contributed by atoms with Crippen LogP contribution in [0.3, 0.4) is 0 Å². The zero-order chi connectivity index (χ0) is 21.2. The quantitative estimate of drug-likeness (QED) is 0.799. The molecule has 0 aliphatic carbocycles. The SMILES string of the molecule is C[C@H](CO)N1C[C@H](C)[C@@H](CN(C)C)Oc2cc(-c3ccncc3)ccc2S1(=O)=O. The van der Waals surface area contributed by atoms with E-state index in [4.69, 9.17) is 4.74 Å². The number of likely N-dealkylation sites (N-methyl/N-ethyl adjacent to an activating group) is 1. The highest BCUT2D eigenvalue weighted by Gasteiger charge is 2.37. The summed E-state index contributed by atoms with van der Waals surface area (Å²) >= 11 is 0. The molecular weight excluding hydrogens is 390 g/mol. The van der Waals surface area contributed by atoms with Crippen LogP contribution in [-0.4, -0.2) is 73.7 Å². The van der Waals surface area contributed by atoms with Crippen LogP contribution >= 0.6 is 0 Å². The number of rotatable bonds is 5. The molecule has 1 aromatic heterocycles. The molecule has 0 bridgehead atoms. The summed E-state index contributed by atoms with van der Waals surface area (Å²) in [7, 11) is 0.117. The number of hydrogen-bond donors (Lipinski definition) is 1. The van der Waals surface area contributed by atoms with Gasteiger partial charge in [0.15, 0.2) is 0 Å². The molecule has 2 aromatic rings. The topological polar surface area (TPSA) is 83.0 Å². The number of nitrogens with zero attached hydrogens (tertiary/aromatic N) is 3. The summed E-state index contributed by atoms with van der Waals surface area (Å²) in [6, 6.07) is 8.39. The number of pyridine rings is 1. The maximum Gasteiger partial charge on any atom is 0.247 e. The summed E-state index contributed by atoms with van der Waals surface area (Å²) in [4.78, 5) is 6.20. The van der Waals surface area contributed by atoms with Gasteiger partial charge in [0, 0.05) is 37.4 Å². The smallest absolute Gasteiger partial charge is 0.247 e. The number of sulfonamides is 1. The van der Waals surface area contributed by atoms with Crippen LogP contribution in [0, 0.1) is 5.92 Å². The zero-order valence-electron chi connectivity index (χ0n) is 17.3. The van der Waals surface area contributed by atoms with Gasteiger partial charge in [-0.1, -0.05) is 13.0 Å². The minimum absolute atomic E-state index is 0.0566. The summed E-state index contributed by atoms with van der Waals surface area (Å²) in [5, 5.41) is 9.67. The Morgan fingerprint density at radius 3 is 2.55 bits per heavy atom. The number of aliphatic hydroxyl groups is 1. The van der Waals surface area contributed by atoms with Crippen molar-refractivity contribution in [3.05, 3.63) is 42.7 Å². The van der Waals surface area contributed by atoms with Gasteiger partial charge in [-0.15, -0.1) is 0 Å². The molecular formula is C21H29N3O4S. The molecule has 0 spiro atoms. The largest absolute Gasteiger partial charge is 0.487 e. The van der Waals surface area contributed by atoms with E-state index in [0.29, 0.717) is 12.3 Å². The van der Waals surface area contributed by atoms with Crippen LogP contribution in [0.4, 0.5) is 0 Å². The first-order chi connectivity index (χ1) is 13.7. The van der Waals surface area contributed by atoms with Crippen LogP contribution < -0.4 is 4.74 Å². The van der Waals surface area contributed by atoms with Crippen molar-refractivity contribution in [1.29, 1.82) is 0 Å². The average Bonchev–Trinajstić information content (AvgIpc) is 2.70. The normalized spacial score (nSPS) is 23.0. The zero-order valence-corrected chi connectivity index (χ0v) is 18.1. The molecule has 0 radical (unpaired) electrons. The van der Waals surface area contributed by atoms with Crippen molar-refractivity contribution in [1.82, 2.24) is 14.2 Å². The van der Waals surface area contributed by atoms with Gasteiger partial charge in [0.05, 0.1) is 6.61 Å². The van der Waals surface area contributed by atoms with Crippen molar-refractivity contribution < 1.29 is 18.3 Å². The Hall–Kier alpha value is -2.00. The van der Waals surface area contributed by atoms with Crippen molar-refractivity contribution in [2.45, 2.75) is 30.9 Å². The number of fused-ring (bicyclic) bond motifs is 1. The predicted molar refractivity (Wildman–Crippen MR) is 112 cm³/mol. The first kappa shape index (κ1) is 21.7. The molecule has 1 N–H and O–H groups in total. The number of ether oxygens (including phenoxy) is 1. The number of hydrogen-bond acceptors (Lipinski definition) is 6. The van der Waals surface area contributed by atoms with Gasteiger partial charge in [-0.2, -0.15) is 4.31 Å². The highest BCUT2D eigenvalue weighted by molar-refractivity contribution is 7.89.